The fraction of sp³-hybridized carbons (Fsp3) is 0.462. The zero-order valence-corrected chi connectivity index (χ0v) is 21.9. The van der Waals surface area contributed by atoms with Gasteiger partial charge in [0.1, 0.15) is 5.56 Å². The van der Waals surface area contributed by atoms with Crippen LogP contribution in [0.15, 0.2) is 32.8 Å². The van der Waals surface area contributed by atoms with Gasteiger partial charge in [-0.15, -0.1) is 0 Å². The number of barbiturate groups is 1. The lowest BCUT2D eigenvalue weighted by Gasteiger charge is -2.50. The molecule has 5 rings (SSSR count). The lowest BCUT2D eigenvalue weighted by molar-refractivity contribution is -0.159. The molecule has 0 radical (unpaired) electrons. The molecule has 12 nitrogen and oxygen atoms in total. The van der Waals surface area contributed by atoms with Gasteiger partial charge in [0, 0.05) is 38.1 Å². The maximum atomic E-state index is 13.5. The third-order valence-corrected chi connectivity index (χ3v) is 7.74. The monoisotopic (exact) mass is 522 g/mol. The number of hydrogen-bond donors (Lipinski definition) is 2. The van der Waals surface area contributed by atoms with Crippen molar-refractivity contribution in [1.82, 2.24) is 19.4 Å². The van der Waals surface area contributed by atoms with Gasteiger partial charge in [-0.2, -0.15) is 0 Å². The summed E-state index contributed by atoms with van der Waals surface area (Å²) in [6.45, 7) is 5.82. The molecule has 4 heterocycles. The van der Waals surface area contributed by atoms with E-state index in [0.29, 0.717) is 24.2 Å². The van der Waals surface area contributed by atoms with E-state index in [0.717, 1.165) is 26.5 Å². The van der Waals surface area contributed by atoms with E-state index in [4.69, 9.17) is 0 Å². The highest BCUT2D eigenvalue weighted by atomic mass is 16.3. The number of anilines is 1. The van der Waals surface area contributed by atoms with Crippen LogP contribution in [-0.2, 0) is 21.5 Å². The number of aromatic hydroxyl groups is 1. The normalized spacial score (nSPS) is 21.0. The van der Waals surface area contributed by atoms with Crippen molar-refractivity contribution in [3.05, 3.63) is 50.2 Å². The molecule has 2 aromatic rings. The van der Waals surface area contributed by atoms with Crippen LogP contribution < -0.4 is 16.1 Å². The van der Waals surface area contributed by atoms with Crippen molar-refractivity contribution in [3.63, 3.8) is 0 Å². The minimum absolute atomic E-state index is 0.104. The molecule has 38 heavy (non-hydrogen) atoms. The first kappa shape index (κ1) is 25.4. The Balaban J connectivity index is 1.58. The number of hydrogen-bond acceptors (Lipinski definition) is 8. The molecule has 1 spiro atoms. The second kappa shape index (κ2) is 8.40. The van der Waals surface area contributed by atoms with E-state index < -0.39 is 45.9 Å². The van der Waals surface area contributed by atoms with Gasteiger partial charge in [0.15, 0.2) is 5.41 Å². The van der Waals surface area contributed by atoms with Gasteiger partial charge in [-0.25, -0.2) is 9.59 Å². The number of amides is 4. The SMILES string of the molecule is CN1C(=O)N(C)C(=O)C2(Cc3cc(N=Cc4c(O)n(C(C)(C)C)c(=O)[nH]c4=O)ccc3N3CCC[C@H]32)C1=O. The number of H-pyrrole nitrogens is 1. The minimum Gasteiger partial charge on any atom is -0.494 e. The molecule has 1 aromatic heterocycles. The predicted octanol–water partition coefficient (Wildman–Crippen LogP) is 1.31. The molecule has 0 unspecified atom stereocenters. The molecule has 2 saturated heterocycles. The maximum absolute atomic E-state index is 13.5. The second-order valence-electron chi connectivity index (χ2n) is 11.1. The number of carbonyl (C=O) groups excluding carboxylic acids is 3. The largest absolute Gasteiger partial charge is 0.494 e. The van der Waals surface area contributed by atoms with Crippen molar-refractivity contribution < 1.29 is 19.5 Å². The van der Waals surface area contributed by atoms with Gasteiger partial charge >= 0.3 is 11.7 Å². The van der Waals surface area contributed by atoms with Crippen molar-refractivity contribution in [3.8, 4) is 5.88 Å². The summed E-state index contributed by atoms with van der Waals surface area (Å²) in [7, 11) is 2.79. The van der Waals surface area contributed by atoms with E-state index in [9.17, 15) is 29.1 Å². The standard InChI is InChI=1S/C26H30N6O6/c1-25(2,3)32-20(34)16(19(33)28-23(32)37)13-27-15-8-9-17-14(11-15)12-26(18-7-6-10-31(17)18)21(35)29(4)24(38)30(5)22(26)36/h8-9,11,13,18,34H,6-7,10,12H2,1-5H3,(H,28,33,37)/t18-/m0/s1. The number of aliphatic imine (C=N–C) groups is 1. The highest BCUT2D eigenvalue weighted by molar-refractivity contribution is 6.20. The smallest absolute Gasteiger partial charge is 0.332 e. The van der Waals surface area contributed by atoms with Crippen molar-refractivity contribution >= 4 is 35.4 Å². The Bertz CT molecular complexity index is 1510. The fourth-order valence-corrected chi connectivity index (χ4v) is 6.00. The third-order valence-electron chi connectivity index (χ3n) is 7.74. The van der Waals surface area contributed by atoms with Crippen molar-refractivity contribution in [2.45, 2.75) is 51.6 Å². The van der Waals surface area contributed by atoms with Crippen LogP contribution in [0.2, 0.25) is 0 Å². The first-order chi connectivity index (χ1) is 17.8. The maximum Gasteiger partial charge on any atom is 0.332 e. The van der Waals surface area contributed by atoms with Crippen molar-refractivity contribution in [2.75, 3.05) is 25.5 Å². The van der Waals surface area contributed by atoms with E-state index in [2.05, 4.69) is 14.9 Å². The molecule has 2 fully saturated rings. The summed E-state index contributed by atoms with van der Waals surface area (Å²) in [4.78, 5) is 74.9. The van der Waals surface area contributed by atoms with Crippen LogP contribution in [0.5, 0.6) is 5.88 Å². The average molecular weight is 523 g/mol. The highest BCUT2D eigenvalue weighted by Crippen LogP contribution is 2.49. The average Bonchev–Trinajstić information content (AvgIpc) is 3.34. The van der Waals surface area contributed by atoms with Crippen LogP contribution in [-0.4, -0.2) is 75.2 Å². The zero-order valence-electron chi connectivity index (χ0n) is 21.9. The van der Waals surface area contributed by atoms with Crippen LogP contribution in [0.25, 0.3) is 0 Å². The van der Waals surface area contributed by atoms with Crippen LogP contribution >= 0.6 is 0 Å². The molecule has 1 aromatic carbocycles. The lowest BCUT2D eigenvalue weighted by Crippen LogP contribution is -2.70. The molecule has 1 atom stereocenters. The first-order valence-electron chi connectivity index (χ1n) is 12.4. The molecule has 2 N–H and O–H groups in total. The van der Waals surface area contributed by atoms with Gasteiger partial charge in [0.05, 0.1) is 11.7 Å². The Hall–Kier alpha value is -4.22. The van der Waals surface area contributed by atoms with E-state index in [1.54, 1.807) is 32.9 Å². The molecule has 0 bridgehead atoms. The van der Waals surface area contributed by atoms with Crippen LogP contribution in [0, 0.1) is 5.41 Å². The Morgan fingerprint density at radius 2 is 1.74 bits per heavy atom. The summed E-state index contributed by atoms with van der Waals surface area (Å²) in [5, 5.41) is 10.7. The molecular weight excluding hydrogens is 492 g/mol. The molecular formula is C26H30N6O6. The van der Waals surface area contributed by atoms with Crippen LogP contribution in [0.4, 0.5) is 16.2 Å². The van der Waals surface area contributed by atoms with Crippen molar-refractivity contribution in [2.24, 2.45) is 10.4 Å². The van der Waals surface area contributed by atoms with Crippen LogP contribution in [0.1, 0.15) is 44.7 Å². The zero-order chi connectivity index (χ0) is 27.7. The number of aromatic amines is 1. The molecule has 12 heteroatoms. The van der Waals surface area contributed by atoms with Gasteiger partial charge in [0.25, 0.3) is 5.56 Å². The number of fused-ring (bicyclic) bond motifs is 4. The summed E-state index contributed by atoms with van der Waals surface area (Å²) >= 11 is 0. The van der Waals surface area contributed by atoms with Gasteiger partial charge in [-0.05, 0) is 63.8 Å². The van der Waals surface area contributed by atoms with Gasteiger partial charge in [0.2, 0.25) is 17.7 Å². The quantitative estimate of drug-likeness (QED) is 0.446. The number of rotatable bonds is 2. The van der Waals surface area contributed by atoms with Gasteiger partial charge in [-0.1, -0.05) is 0 Å². The Morgan fingerprint density at radius 3 is 2.37 bits per heavy atom. The molecule has 0 aliphatic carbocycles. The third kappa shape index (κ3) is 3.50. The number of nitrogens with zero attached hydrogens (tertiary/aromatic N) is 5. The number of carbonyl (C=O) groups is 3. The topological polar surface area (TPSA) is 148 Å². The lowest BCUT2D eigenvalue weighted by atomic mass is 9.68. The number of benzene rings is 1. The molecule has 3 aliphatic heterocycles. The Kier molecular flexibility index (Phi) is 5.62. The van der Waals surface area contributed by atoms with E-state index in [1.165, 1.54) is 20.3 Å². The fourth-order valence-electron chi connectivity index (χ4n) is 6.00. The molecule has 4 amide bonds. The summed E-state index contributed by atoms with van der Waals surface area (Å²) in [6, 6.07) is 4.34. The minimum atomic E-state index is -1.43. The Morgan fingerprint density at radius 1 is 1.08 bits per heavy atom. The summed E-state index contributed by atoms with van der Waals surface area (Å²) in [5.74, 6) is -1.52. The molecule has 3 aliphatic rings. The first-order valence-corrected chi connectivity index (χ1v) is 12.4. The number of imide groups is 2. The number of urea groups is 1. The van der Waals surface area contributed by atoms with E-state index in [-0.39, 0.29) is 18.0 Å². The Labute approximate surface area is 218 Å². The summed E-state index contributed by atoms with van der Waals surface area (Å²) in [5.41, 5.74) is -1.86. The molecule has 200 valence electrons. The van der Waals surface area contributed by atoms with E-state index in [1.807, 2.05) is 6.07 Å². The number of aromatic nitrogens is 2. The predicted molar refractivity (Wildman–Crippen MR) is 139 cm³/mol. The summed E-state index contributed by atoms with van der Waals surface area (Å²) < 4.78 is 1.08. The highest BCUT2D eigenvalue weighted by Gasteiger charge is 2.63. The second-order valence-corrected chi connectivity index (χ2v) is 11.1. The van der Waals surface area contributed by atoms with Gasteiger partial charge in [-0.3, -0.25) is 38.7 Å². The van der Waals surface area contributed by atoms with Gasteiger partial charge < -0.3 is 10.0 Å². The number of nitrogens with one attached hydrogen (secondary N) is 1. The molecule has 0 saturated carbocycles. The van der Waals surface area contributed by atoms with E-state index >= 15 is 0 Å². The summed E-state index contributed by atoms with van der Waals surface area (Å²) in [6.07, 6.45) is 2.75. The van der Waals surface area contributed by atoms with Crippen molar-refractivity contribution in [1.29, 1.82) is 0 Å². The van der Waals surface area contributed by atoms with Crippen LogP contribution in [0.3, 0.4) is 0 Å².